The number of nitrogens with zero attached hydrogens (tertiary/aromatic N) is 4. The number of carbonyl (C=O) groups excluding carboxylic acids is 1. The zero-order valence-electron chi connectivity index (χ0n) is 13.2. The minimum absolute atomic E-state index is 0.00202. The van der Waals surface area contributed by atoms with E-state index < -0.39 is 0 Å². The first kappa shape index (κ1) is 17.5. The molecule has 1 heterocycles. The number of likely N-dealkylation sites (tertiary alicyclic amines) is 1. The van der Waals surface area contributed by atoms with E-state index in [0.29, 0.717) is 13.1 Å². The Hall–Kier alpha value is -1.58. The van der Waals surface area contributed by atoms with Crippen molar-refractivity contribution in [1.29, 1.82) is 5.26 Å². The van der Waals surface area contributed by atoms with Crippen molar-refractivity contribution in [3.8, 4) is 6.07 Å². The first-order valence-corrected chi connectivity index (χ1v) is 7.46. The van der Waals surface area contributed by atoms with Gasteiger partial charge in [0.2, 0.25) is 0 Å². The van der Waals surface area contributed by atoms with Crippen LogP contribution in [0.3, 0.4) is 0 Å². The van der Waals surface area contributed by atoms with Crippen LogP contribution >= 0.6 is 0 Å². The van der Waals surface area contributed by atoms with Gasteiger partial charge < -0.3 is 19.8 Å². The summed E-state index contributed by atoms with van der Waals surface area (Å²) in [6.07, 6.45) is 3.43. The molecular formula is C15H26N4O2. The van der Waals surface area contributed by atoms with E-state index in [1.165, 1.54) is 0 Å². The van der Waals surface area contributed by atoms with Crippen molar-refractivity contribution in [2.24, 2.45) is 0 Å². The molecule has 0 atom stereocenters. The van der Waals surface area contributed by atoms with Gasteiger partial charge in [0.15, 0.2) is 0 Å². The summed E-state index contributed by atoms with van der Waals surface area (Å²) in [6.45, 7) is 4.94. The average Bonchev–Trinajstić information content (AvgIpc) is 2.50. The first-order valence-electron chi connectivity index (χ1n) is 7.46. The van der Waals surface area contributed by atoms with Gasteiger partial charge in [0.05, 0.1) is 6.61 Å². The van der Waals surface area contributed by atoms with Gasteiger partial charge in [-0.1, -0.05) is 0 Å². The lowest BCUT2D eigenvalue weighted by Crippen LogP contribution is -2.45. The minimum Gasteiger partial charge on any atom is -0.395 e. The Bertz CT molecular complexity index is 408. The first-order chi connectivity index (χ1) is 10.0. The van der Waals surface area contributed by atoms with Gasteiger partial charge in [-0.05, 0) is 39.9 Å². The van der Waals surface area contributed by atoms with Crippen LogP contribution in [0.15, 0.2) is 11.8 Å². The highest BCUT2D eigenvalue weighted by atomic mass is 16.3. The summed E-state index contributed by atoms with van der Waals surface area (Å²) in [5.41, 5.74) is 0.131. The van der Waals surface area contributed by atoms with Crippen LogP contribution in [0, 0.1) is 11.3 Å². The zero-order valence-corrected chi connectivity index (χ0v) is 13.2. The molecular weight excluding hydrogens is 268 g/mol. The topological polar surface area (TPSA) is 70.8 Å². The number of aliphatic hydroxyl groups is 1. The molecule has 1 N–H and O–H groups in total. The second kappa shape index (κ2) is 8.65. The number of nitriles is 1. The lowest BCUT2D eigenvalue weighted by atomic mass is 10.0. The second-order valence-corrected chi connectivity index (χ2v) is 5.46. The van der Waals surface area contributed by atoms with Crippen molar-refractivity contribution < 1.29 is 9.90 Å². The summed E-state index contributed by atoms with van der Waals surface area (Å²) < 4.78 is 0. The van der Waals surface area contributed by atoms with Crippen LogP contribution in [-0.4, -0.2) is 78.6 Å². The Morgan fingerprint density at radius 1 is 1.48 bits per heavy atom. The number of hydrogen-bond donors (Lipinski definition) is 1. The molecule has 21 heavy (non-hydrogen) atoms. The summed E-state index contributed by atoms with van der Waals surface area (Å²) in [4.78, 5) is 18.2. The lowest BCUT2D eigenvalue weighted by Gasteiger charge is -2.35. The van der Waals surface area contributed by atoms with Crippen LogP contribution in [0.5, 0.6) is 0 Å². The van der Waals surface area contributed by atoms with Crippen LogP contribution < -0.4 is 0 Å². The number of piperidine rings is 1. The van der Waals surface area contributed by atoms with Crippen LogP contribution in [0.25, 0.3) is 0 Å². The van der Waals surface area contributed by atoms with E-state index in [9.17, 15) is 10.1 Å². The largest absolute Gasteiger partial charge is 0.395 e. The molecule has 118 valence electrons. The highest BCUT2D eigenvalue weighted by Crippen LogP contribution is 2.16. The second-order valence-electron chi connectivity index (χ2n) is 5.46. The van der Waals surface area contributed by atoms with Crippen LogP contribution in [0.1, 0.15) is 19.8 Å². The number of likely N-dealkylation sites (N-methyl/N-ethyl adjacent to an activating group) is 2. The standard InChI is InChI=1S/C15H26N4O2/c1-4-19(9-10-20)12-13(11-16)15(21)18(3)14-5-7-17(2)8-6-14/h12,14,20H,4-10H2,1-3H3/b13-12-. The molecule has 1 rings (SSSR count). The molecule has 0 spiro atoms. The fraction of sp³-hybridized carbons (Fsp3) is 0.733. The Morgan fingerprint density at radius 3 is 2.57 bits per heavy atom. The van der Waals surface area contributed by atoms with Gasteiger partial charge in [0, 0.05) is 32.4 Å². The van der Waals surface area contributed by atoms with Gasteiger partial charge in [-0.2, -0.15) is 5.26 Å². The molecule has 0 saturated carbocycles. The molecule has 6 heteroatoms. The monoisotopic (exact) mass is 294 g/mol. The SMILES string of the molecule is CCN(/C=C(/C#N)C(=O)N(C)C1CCN(C)CC1)CCO. The summed E-state index contributed by atoms with van der Waals surface area (Å²) in [5, 5.41) is 18.2. The predicted molar refractivity (Wildman–Crippen MR) is 81.3 cm³/mol. The van der Waals surface area contributed by atoms with Gasteiger partial charge in [-0.25, -0.2) is 0 Å². The molecule has 1 amide bonds. The third kappa shape index (κ3) is 5.03. The molecule has 1 aliphatic heterocycles. The van der Waals surface area contributed by atoms with E-state index in [1.54, 1.807) is 23.0 Å². The Labute approximate surface area is 127 Å². The summed E-state index contributed by atoms with van der Waals surface area (Å²) >= 11 is 0. The molecule has 6 nitrogen and oxygen atoms in total. The van der Waals surface area contributed by atoms with Crippen LogP contribution in [0.4, 0.5) is 0 Å². The molecule has 1 fully saturated rings. The summed E-state index contributed by atoms with van der Waals surface area (Å²) in [7, 11) is 3.85. The number of aliphatic hydroxyl groups excluding tert-OH is 1. The van der Waals surface area contributed by atoms with Crippen molar-refractivity contribution in [2.45, 2.75) is 25.8 Å². The highest BCUT2D eigenvalue weighted by Gasteiger charge is 2.26. The molecule has 1 saturated heterocycles. The van der Waals surface area contributed by atoms with Gasteiger partial charge in [-0.15, -0.1) is 0 Å². The third-order valence-electron chi connectivity index (χ3n) is 4.01. The van der Waals surface area contributed by atoms with Crippen molar-refractivity contribution >= 4 is 5.91 Å². The van der Waals surface area contributed by atoms with Gasteiger partial charge in [-0.3, -0.25) is 4.79 Å². The average molecular weight is 294 g/mol. The van der Waals surface area contributed by atoms with E-state index in [2.05, 4.69) is 11.9 Å². The minimum atomic E-state index is -0.233. The van der Waals surface area contributed by atoms with Crippen molar-refractivity contribution in [3.05, 3.63) is 11.8 Å². The Balaban J connectivity index is 2.73. The van der Waals surface area contributed by atoms with E-state index in [0.717, 1.165) is 25.9 Å². The maximum atomic E-state index is 12.4. The van der Waals surface area contributed by atoms with Crippen LogP contribution in [0.2, 0.25) is 0 Å². The normalized spacial score (nSPS) is 17.4. The number of amides is 1. The smallest absolute Gasteiger partial charge is 0.265 e. The van der Waals surface area contributed by atoms with E-state index in [-0.39, 0.29) is 24.1 Å². The maximum absolute atomic E-state index is 12.4. The molecule has 0 unspecified atom stereocenters. The molecule has 0 aromatic rings. The molecule has 0 radical (unpaired) electrons. The fourth-order valence-electron chi connectivity index (χ4n) is 2.49. The Morgan fingerprint density at radius 2 is 2.10 bits per heavy atom. The maximum Gasteiger partial charge on any atom is 0.265 e. The van der Waals surface area contributed by atoms with Gasteiger partial charge in [0.1, 0.15) is 11.6 Å². The van der Waals surface area contributed by atoms with Crippen molar-refractivity contribution in [3.63, 3.8) is 0 Å². The quantitative estimate of drug-likeness (QED) is 0.562. The van der Waals surface area contributed by atoms with E-state index in [1.807, 2.05) is 13.0 Å². The van der Waals surface area contributed by atoms with Crippen molar-refractivity contribution in [2.75, 3.05) is 46.9 Å². The van der Waals surface area contributed by atoms with E-state index in [4.69, 9.17) is 5.11 Å². The molecule has 0 aromatic heterocycles. The van der Waals surface area contributed by atoms with Crippen molar-refractivity contribution in [1.82, 2.24) is 14.7 Å². The lowest BCUT2D eigenvalue weighted by molar-refractivity contribution is -0.128. The zero-order chi connectivity index (χ0) is 15.8. The number of hydrogen-bond acceptors (Lipinski definition) is 5. The van der Waals surface area contributed by atoms with E-state index >= 15 is 0 Å². The summed E-state index contributed by atoms with van der Waals surface area (Å²) in [6, 6.07) is 2.18. The molecule has 0 bridgehead atoms. The van der Waals surface area contributed by atoms with Crippen LogP contribution in [-0.2, 0) is 4.79 Å². The molecule has 0 aliphatic carbocycles. The Kier molecular flexibility index (Phi) is 7.20. The number of carbonyl (C=O) groups is 1. The highest BCUT2D eigenvalue weighted by molar-refractivity contribution is 5.97. The molecule has 0 aromatic carbocycles. The summed E-state index contributed by atoms with van der Waals surface area (Å²) in [5.74, 6) is -0.233. The molecule has 1 aliphatic rings. The van der Waals surface area contributed by atoms with Gasteiger partial charge in [0.25, 0.3) is 5.91 Å². The fourth-order valence-corrected chi connectivity index (χ4v) is 2.49. The predicted octanol–water partition coefficient (Wildman–Crippen LogP) is 0.261. The number of rotatable bonds is 6. The van der Waals surface area contributed by atoms with Gasteiger partial charge >= 0.3 is 0 Å². The third-order valence-corrected chi connectivity index (χ3v) is 4.01.